The van der Waals surface area contributed by atoms with Gasteiger partial charge in [-0.1, -0.05) is 12.6 Å². The molecule has 66 heavy (non-hydrogen) atoms. The number of nitrogens with one attached hydrogen (secondary N) is 2. The summed E-state index contributed by atoms with van der Waals surface area (Å²) >= 11 is 1.42. The van der Waals surface area contributed by atoms with Crippen LogP contribution in [0.4, 0.5) is 4.79 Å². The van der Waals surface area contributed by atoms with Gasteiger partial charge in [-0.3, -0.25) is 19.9 Å². The van der Waals surface area contributed by atoms with Gasteiger partial charge in [-0.25, -0.2) is 14.4 Å². The molecule has 0 aromatic heterocycles. The Labute approximate surface area is 385 Å². The van der Waals surface area contributed by atoms with E-state index in [4.69, 9.17) is 37.9 Å². The molecule has 0 aliphatic carbocycles. The molecule has 1 spiro atoms. The normalized spacial score (nSPS) is 26.3. The number of phenolic OH excluding ortho intramolecular Hbond substituents is 1. The molecule has 0 saturated carbocycles. The quantitative estimate of drug-likeness (QED) is 0.164. The molecule has 2 fully saturated rings. The van der Waals surface area contributed by atoms with Crippen molar-refractivity contribution >= 4 is 35.8 Å². The van der Waals surface area contributed by atoms with Crippen LogP contribution in [0.2, 0.25) is 0 Å². The molecule has 3 aromatic rings. The van der Waals surface area contributed by atoms with Crippen molar-refractivity contribution in [2.24, 2.45) is 0 Å². The first-order valence-corrected chi connectivity index (χ1v) is 22.6. The van der Waals surface area contributed by atoms with Gasteiger partial charge in [0, 0.05) is 53.6 Å². The van der Waals surface area contributed by atoms with Crippen LogP contribution in [0.3, 0.4) is 0 Å². The first kappa shape index (κ1) is 45.0. The topological polar surface area (TPSA) is 217 Å². The molecule has 1 amide bonds. The van der Waals surface area contributed by atoms with E-state index in [-0.39, 0.29) is 54.0 Å². The summed E-state index contributed by atoms with van der Waals surface area (Å²) in [4.78, 5) is 58.0. The van der Waals surface area contributed by atoms with Gasteiger partial charge in [0.05, 0.1) is 43.4 Å². The van der Waals surface area contributed by atoms with Gasteiger partial charge in [-0.05, 0) is 82.0 Å². The second-order valence-corrected chi connectivity index (χ2v) is 18.6. The number of allylic oxidation sites excluding steroid dienone is 1. The Balaban J connectivity index is 1.21. The third kappa shape index (κ3) is 6.95. The second-order valence-electron chi connectivity index (χ2n) is 17.4. The van der Waals surface area contributed by atoms with E-state index in [2.05, 4.69) is 33.1 Å². The number of thioether (sulfide) groups is 1. The van der Waals surface area contributed by atoms with Gasteiger partial charge in [0.2, 0.25) is 6.79 Å². The summed E-state index contributed by atoms with van der Waals surface area (Å²) in [6.07, 6.45) is 0.0117. The van der Waals surface area contributed by atoms with Crippen LogP contribution in [-0.2, 0) is 42.2 Å². The SMILES string of the molecule is C=C(C)OC(=O)N[C@@H](C)C(=O)Oc1cc2c(cc1OC)[C@@]1(CS[C@@H]3c4c(OC(C)=O)c(C)c5c(c4[C@H](COC1=O)N1C3[C@@H]3c4c(cc(C)c(OC)c4O)C[C@@H]([C@@H]1C#N)N3C)OCO5)NCC2. The van der Waals surface area contributed by atoms with Crippen molar-refractivity contribution in [3.63, 3.8) is 0 Å². The molecule has 3 aromatic carbocycles. The fourth-order valence-corrected chi connectivity index (χ4v) is 12.6. The van der Waals surface area contributed by atoms with Gasteiger partial charge < -0.3 is 48.3 Å². The number of aryl methyl sites for hydroxylation is 1. The number of piperazine rings is 1. The second kappa shape index (κ2) is 16.9. The average molecular weight is 926 g/mol. The Morgan fingerprint density at radius 3 is 2.48 bits per heavy atom. The van der Waals surface area contributed by atoms with Crippen LogP contribution >= 0.6 is 11.8 Å². The highest BCUT2D eigenvalue weighted by Crippen LogP contribution is 2.64. The van der Waals surface area contributed by atoms with Gasteiger partial charge >= 0.3 is 24.0 Å². The molecule has 0 radical (unpaired) electrons. The molecule has 7 heterocycles. The number of ether oxygens (including phenoxy) is 8. The van der Waals surface area contributed by atoms with Crippen molar-refractivity contribution in [3.05, 3.63) is 75.0 Å². The summed E-state index contributed by atoms with van der Waals surface area (Å²) < 4.78 is 47.3. The number of benzene rings is 3. The number of carbonyl (C=O) groups is 4. The monoisotopic (exact) mass is 925 g/mol. The lowest BCUT2D eigenvalue weighted by atomic mass is 9.71. The third-order valence-corrected chi connectivity index (χ3v) is 15.1. The lowest BCUT2D eigenvalue weighted by Gasteiger charge is -2.62. The fraction of sp³-hybridized carbons (Fsp3) is 0.468. The number of amides is 1. The predicted octanol–water partition coefficient (Wildman–Crippen LogP) is 4.84. The van der Waals surface area contributed by atoms with Gasteiger partial charge in [0.15, 0.2) is 40.0 Å². The smallest absolute Gasteiger partial charge is 0.412 e. The number of phenols is 1. The minimum absolute atomic E-state index is 0.00441. The number of hydrogen-bond donors (Lipinski definition) is 3. The van der Waals surface area contributed by atoms with E-state index < -0.39 is 65.0 Å². The number of hydrogen-bond acceptors (Lipinski definition) is 18. The number of likely N-dealkylation sites (N-methyl/N-ethyl adjacent to an activating group) is 1. The number of esters is 3. The van der Waals surface area contributed by atoms with E-state index >= 15 is 4.79 Å². The summed E-state index contributed by atoms with van der Waals surface area (Å²) in [5.74, 6) is -0.0751. The van der Waals surface area contributed by atoms with E-state index in [1.807, 2.05) is 20.0 Å². The summed E-state index contributed by atoms with van der Waals surface area (Å²) in [6, 6.07) is 3.79. The third-order valence-electron chi connectivity index (χ3n) is 13.6. The van der Waals surface area contributed by atoms with E-state index in [0.717, 1.165) is 11.1 Å². The Bertz CT molecular complexity index is 2650. The fourth-order valence-electron chi connectivity index (χ4n) is 10.9. The molecule has 4 bridgehead atoms. The minimum Gasteiger partial charge on any atom is -0.504 e. The zero-order valence-electron chi connectivity index (χ0n) is 37.8. The number of carbonyl (C=O) groups excluding carboxylic acids is 4. The standard InChI is InChI=1S/C47H51N5O13S/c1-20(2)63-46(57)50-23(5)44(55)65-32-14-25-10-11-49-47(27(25)15-31(32)58-8)18-66-43-35-34(42-41(61-19-62-42)22(4)40(35)64-24(6)53)30(17-60-45(47)56)52-29(16-48)28-13-26-12-21(3)39(59-9)38(54)33(26)36(37(43)52)51(28)7/h12,14-15,23,28-30,36-37,43,49,54H,1,10-11,13,17-19H2,2-9H3,(H,50,57)/t23-,28-,29-,30-,36-,37?,43+,47+/m0/s1. The summed E-state index contributed by atoms with van der Waals surface area (Å²) in [5, 5.41) is 28.7. The van der Waals surface area contributed by atoms with Gasteiger partial charge in [0.1, 0.15) is 24.4 Å². The largest absolute Gasteiger partial charge is 0.504 e. The number of methoxy groups -OCH3 is 2. The Morgan fingerprint density at radius 2 is 1.79 bits per heavy atom. The van der Waals surface area contributed by atoms with Crippen LogP contribution < -0.4 is 39.1 Å². The molecule has 1 unspecified atom stereocenters. The number of nitrogens with zero attached hydrogens (tertiary/aromatic N) is 3. The number of nitriles is 1. The maximum Gasteiger partial charge on any atom is 0.412 e. The molecule has 7 aliphatic rings. The molecular weight excluding hydrogens is 875 g/mol. The van der Waals surface area contributed by atoms with Crippen LogP contribution in [0.25, 0.3) is 0 Å². The van der Waals surface area contributed by atoms with Gasteiger partial charge in [0.25, 0.3) is 0 Å². The zero-order valence-corrected chi connectivity index (χ0v) is 38.6. The number of rotatable bonds is 7. The number of alkyl carbamates (subject to hydrolysis) is 1. The lowest BCUT2D eigenvalue weighted by molar-refractivity contribution is -0.157. The van der Waals surface area contributed by atoms with Crippen molar-refractivity contribution in [1.29, 1.82) is 5.26 Å². The first-order chi connectivity index (χ1) is 31.5. The lowest BCUT2D eigenvalue weighted by Crippen LogP contribution is -2.69. The van der Waals surface area contributed by atoms with Crippen molar-refractivity contribution in [1.82, 2.24) is 20.4 Å². The Hall–Kier alpha value is -6.20. The van der Waals surface area contributed by atoms with Crippen LogP contribution in [0.5, 0.6) is 40.2 Å². The molecule has 7 aliphatic heterocycles. The summed E-state index contributed by atoms with van der Waals surface area (Å²) in [5.41, 5.74) is 3.80. The van der Waals surface area contributed by atoms with Gasteiger partial charge in [-0.2, -0.15) is 5.26 Å². The van der Waals surface area contributed by atoms with Crippen LogP contribution in [0.15, 0.2) is 30.5 Å². The molecule has 10 rings (SSSR count). The van der Waals surface area contributed by atoms with E-state index in [0.29, 0.717) is 70.0 Å². The van der Waals surface area contributed by atoms with Crippen molar-refractivity contribution in [2.75, 3.05) is 47.0 Å². The van der Waals surface area contributed by atoms with Crippen LogP contribution in [0.1, 0.15) is 82.6 Å². The van der Waals surface area contributed by atoms with Crippen molar-refractivity contribution in [3.8, 4) is 46.3 Å². The summed E-state index contributed by atoms with van der Waals surface area (Å²) in [6.45, 7) is 11.5. The van der Waals surface area contributed by atoms with Crippen molar-refractivity contribution < 1.29 is 62.2 Å². The maximum absolute atomic E-state index is 15.1. The molecule has 2 saturated heterocycles. The predicted molar refractivity (Wildman–Crippen MR) is 236 cm³/mol. The number of fused-ring (bicyclic) bond motifs is 9. The highest BCUT2D eigenvalue weighted by Gasteiger charge is 2.62. The van der Waals surface area contributed by atoms with Gasteiger partial charge in [-0.15, -0.1) is 11.8 Å². The highest BCUT2D eigenvalue weighted by atomic mass is 32.2. The highest BCUT2D eigenvalue weighted by molar-refractivity contribution is 7.99. The maximum atomic E-state index is 15.1. The summed E-state index contributed by atoms with van der Waals surface area (Å²) in [7, 11) is 4.89. The van der Waals surface area contributed by atoms with E-state index in [1.165, 1.54) is 46.8 Å². The molecule has 18 nitrogen and oxygen atoms in total. The van der Waals surface area contributed by atoms with Crippen LogP contribution in [0, 0.1) is 25.2 Å². The molecule has 3 N–H and O–H groups in total. The zero-order chi connectivity index (χ0) is 47.1. The molecular formula is C47H51N5O13S. The average Bonchev–Trinajstić information content (AvgIpc) is 3.76. The molecule has 348 valence electrons. The minimum atomic E-state index is -1.50. The molecule has 19 heteroatoms. The molecule has 8 atom stereocenters. The Kier molecular flexibility index (Phi) is 11.5. The number of aromatic hydroxyl groups is 1. The Morgan fingerprint density at radius 1 is 1.03 bits per heavy atom. The first-order valence-electron chi connectivity index (χ1n) is 21.6. The van der Waals surface area contributed by atoms with Crippen molar-refractivity contribution in [2.45, 2.75) is 94.5 Å². The van der Waals surface area contributed by atoms with E-state index in [1.54, 1.807) is 19.1 Å². The van der Waals surface area contributed by atoms with E-state index in [9.17, 15) is 24.8 Å². The van der Waals surface area contributed by atoms with Crippen LogP contribution in [-0.4, -0.2) is 110 Å².